The van der Waals surface area contributed by atoms with Gasteiger partial charge in [0.1, 0.15) is 10.8 Å². The van der Waals surface area contributed by atoms with Crippen LogP contribution in [0.2, 0.25) is 5.02 Å². The van der Waals surface area contributed by atoms with Crippen molar-refractivity contribution < 1.29 is 9.18 Å². The molecule has 3 N–H and O–H groups in total. The van der Waals surface area contributed by atoms with E-state index in [1.165, 1.54) is 24.4 Å². The number of hydrogen-bond donors (Lipinski definition) is 3. The van der Waals surface area contributed by atoms with E-state index in [4.69, 9.17) is 11.6 Å². The average Bonchev–Trinajstić information content (AvgIpc) is 3.04. The number of amides is 1. The van der Waals surface area contributed by atoms with E-state index in [0.717, 1.165) is 6.08 Å². The zero-order valence-electron chi connectivity index (χ0n) is 14.2. The van der Waals surface area contributed by atoms with Gasteiger partial charge in [0.2, 0.25) is 11.9 Å². The summed E-state index contributed by atoms with van der Waals surface area (Å²) in [6, 6.07) is 4.17. The van der Waals surface area contributed by atoms with Crippen LogP contribution in [0.25, 0.3) is 0 Å². The van der Waals surface area contributed by atoms with Crippen molar-refractivity contribution in [1.29, 1.82) is 0 Å². The van der Waals surface area contributed by atoms with Crippen LogP contribution in [0.5, 0.6) is 0 Å². The maximum Gasteiger partial charge on any atom is 0.247 e. The molecule has 27 heavy (non-hydrogen) atoms. The maximum atomic E-state index is 14.3. The molecule has 8 nitrogen and oxygen atoms in total. The number of benzene rings is 1. The molecule has 0 unspecified atom stereocenters. The lowest BCUT2D eigenvalue weighted by molar-refractivity contribution is -0.111. The van der Waals surface area contributed by atoms with E-state index < -0.39 is 11.7 Å². The number of nitrogens with one attached hydrogen (secondary N) is 3. The largest absolute Gasteiger partial charge is 0.336 e. The van der Waals surface area contributed by atoms with Crippen LogP contribution in [0, 0.1) is 5.82 Å². The second kappa shape index (κ2) is 7.83. The SMILES string of the molecule is C=CC(=O)Nc1ccc(Nc2nc(Nc3cnn(C)c3)ncc2Cl)c(F)c1. The van der Waals surface area contributed by atoms with Gasteiger partial charge >= 0.3 is 0 Å². The van der Waals surface area contributed by atoms with Crippen molar-refractivity contribution in [1.82, 2.24) is 19.7 Å². The first-order chi connectivity index (χ1) is 12.9. The van der Waals surface area contributed by atoms with Gasteiger partial charge in [0.25, 0.3) is 0 Å². The number of carbonyl (C=O) groups excluding carboxylic acids is 1. The Bertz CT molecular complexity index is 1000. The minimum absolute atomic E-state index is 0.138. The highest BCUT2D eigenvalue weighted by Crippen LogP contribution is 2.27. The van der Waals surface area contributed by atoms with E-state index >= 15 is 0 Å². The lowest BCUT2D eigenvalue weighted by atomic mass is 10.2. The summed E-state index contributed by atoms with van der Waals surface area (Å²) in [5.74, 6) is -0.529. The Morgan fingerprint density at radius 1 is 1.30 bits per heavy atom. The summed E-state index contributed by atoms with van der Waals surface area (Å²) >= 11 is 6.10. The minimum atomic E-state index is -0.590. The van der Waals surface area contributed by atoms with E-state index in [1.807, 2.05) is 0 Å². The molecule has 2 heterocycles. The van der Waals surface area contributed by atoms with Gasteiger partial charge in [-0.3, -0.25) is 9.48 Å². The predicted octanol–water partition coefficient (Wildman–Crippen LogP) is 3.61. The van der Waals surface area contributed by atoms with E-state index in [9.17, 15) is 9.18 Å². The number of aromatic nitrogens is 4. The van der Waals surface area contributed by atoms with E-state index in [1.54, 1.807) is 24.1 Å². The molecule has 1 amide bonds. The monoisotopic (exact) mass is 387 g/mol. The highest BCUT2D eigenvalue weighted by atomic mass is 35.5. The summed E-state index contributed by atoms with van der Waals surface area (Å²) in [4.78, 5) is 19.6. The van der Waals surface area contributed by atoms with Gasteiger partial charge in [0.05, 0.1) is 23.8 Å². The molecule has 10 heteroatoms. The van der Waals surface area contributed by atoms with Crippen LogP contribution in [-0.4, -0.2) is 25.7 Å². The molecule has 0 saturated heterocycles. The van der Waals surface area contributed by atoms with Crippen LogP contribution in [0.4, 0.5) is 33.2 Å². The summed E-state index contributed by atoms with van der Waals surface area (Å²) in [6.45, 7) is 3.34. The Morgan fingerprint density at radius 3 is 2.78 bits per heavy atom. The smallest absolute Gasteiger partial charge is 0.247 e. The number of hydrogen-bond acceptors (Lipinski definition) is 6. The van der Waals surface area contributed by atoms with Gasteiger partial charge in [-0.05, 0) is 24.3 Å². The molecule has 3 aromatic rings. The molecule has 138 valence electrons. The quantitative estimate of drug-likeness (QED) is 0.559. The van der Waals surface area contributed by atoms with Gasteiger partial charge in [-0.1, -0.05) is 18.2 Å². The molecule has 0 spiro atoms. The Balaban J connectivity index is 1.79. The molecular formula is C17H15ClFN7O. The highest BCUT2D eigenvalue weighted by molar-refractivity contribution is 6.32. The molecule has 0 aliphatic heterocycles. The molecule has 0 fully saturated rings. The fourth-order valence-electron chi connectivity index (χ4n) is 2.14. The van der Waals surface area contributed by atoms with E-state index in [2.05, 4.69) is 37.6 Å². The number of carbonyl (C=O) groups is 1. The normalized spacial score (nSPS) is 10.3. The first kappa shape index (κ1) is 18.3. The molecular weight excluding hydrogens is 373 g/mol. The van der Waals surface area contributed by atoms with Crippen molar-refractivity contribution in [2.45, 2.75) is 0 Å². The number of nitrogens with zero attached hydrogens (tertiary/aromatic N) is 4. The predicted molar refractivity (Wildman–Crippen MR) is 102 cm³/mol. The Hall–Kier alpha value is -3.46. The van der Waals surface area contributed by atoms with Crippen LogP contribution in [0.15, 0.2) is 49.4 Å². The van der Waals surface area contributed by atoms with E-state index in [0.29, 0.717) is 11.4 Å². The Labute approximate surface area is 159 Å². The summed E-state index contributed by atoms with van der Waals surface area (Å²) < 4.78 is 15.9. The molecule has 0 bridgehead atoms. The average molecular weight is 388 g/mol. The zero-order chi connectivity index (χ0) is 19.4. The van der Waals surface area contributed by atoms with Crippen LogP contribution in [-0.2, 0) is 11.8 Å². The minimum Gasteiger partial charge on any atom is -0.336 e. The molecule has 0 atom stereocenters. The Morgan fingerprint density at radius 2 is 2.11 bits per heavy atom. The van der Waals surface area contributed by atoms with Crippen molar-refractivity contribution in [3.8, 4) is 0 Å². The molecule has 0 radical (unpaired) electrons. The van der Waals surface area contributed by atoms with Gasteiger partial charge in [-0.15, -0.1) is 0 Å². The van der Waals surface area contributed by atoms with Crippen molar-refractivity contribution in [2.75, 3.05) is 16.0 Å². The van der Waals surface area contributed by atoms with Crippen molar-refractivity contribution in [2.24, 2.45) is 7.05 Å². The van der Waals surface area contributed by atoms with Crippen LogP contribution >= 0.6 is 11.6 Å². The third-order valence-corrected chi connectivity index (χ3v) is 3.66. The number of rotatable bonds is 6. The lowest BCUT2D eigenvalue weighted by Crippen LogP contribution is -2.08. The van der Waals surface area contributed by atoms with Crippen molar-refractivity contribution in [3.63, 3.8) is 0 Å². The highest BCUT2D eigenvalue weighted by Gasteiger charge is 2.11. The number of aryl methyl sites for hydroxylation is 1. The molecule has 0 aliphatic carbocycles. The standard InChI is InChI=1S/C17H15ClFN7O/c1-3-15(27)22-10-4-5-14(13(19)6-10)24-16-12(18)8-20-17(25-16)23-11-7-21-26(2)9-11/h3-9H,1H2,2H3,(H,22,27)(H2,20,23,24,25). The van der Waals surface area contributed by atoms with Gasteiger partial charge < -0.3 is 16.0 Å². The van der Waals surface area contributed by atoms with Crippen molar-refractivity contribution >= 4 is 46.3 Å². The van der Waals surface area contributed by atoms with Crippen molar-refractivity contribution in [3.05, 3.63) is 60.3 Å². The van der Waals surface area contributed by atoms with Crippen LogP contribution in [0.1, 0.15) is 0 Å². The lowest BCUT2D eigenvalue weighted by Gasteiger charge is -2.11. The van der Waals surface area contributed by atoms with Gasteiger partial charge in [-0.25, -0.2) is 9.37 Å². The first-order valence-corrected chi connectivity index (χ1v) is 8.10. The summed E-state index contributed by atoms with van der Waals surface area (Å²) in [5.41, 5.74) is 1.13. The number of halogens is 2. The Kier molecular flexibility index (Phi) is 5.32. The van der Waals surface area contributed by atoms with Crippen LogP contribution < -0.4 is 16.0 Å². The summed E-state index contributed by atoms with van der Waals surface area (Å²) in [7, 11) is 1.78. The first-order valence-electron chi connectivity index (χ1n) is 7.73. The zero-order valence-corrected chi connectivity index (χ0v) is 15.0. The second-order valence-electron chi connectivity index (χ2n) is 5.43. The van der Waals surface area contributed by atoms with Crippen LogP contribution in [0.3, 0.4) is 0 Å². The molecule has 0 saturated carbocycles. The van der Waals surface area contributed by atoms with Gasteiger partial charge in [0, 0.05) is 18.9 Å². The topological polar surface area (TPSA) is 96.8 Å². The van der Waals surface area contributed by atoms with E-state index in [-0.39, 0.29) is 22.5 Å². The molecule has 1 aromatic carbocycles. The summed E-state index contributed by atoms with van der Waals surface area (Å²) in [6.07, 6.45) is 5.86. The van der Waals surface area contributed by atoms with Gasteiger partial charge in [0.15, 0.2) is 5.82 Å². The number of anilines is 5. The molecule has 2 aromatic heterocycles. The summed E-state index contributed by atoms with van der Waals surface area (Å²) in [5, 5.41) is 12.5. The fourth-order valence-corrected chi connectivity index (χ4v) is 2.28. The third kappa shape index (κ3) is 4.59. The molecule has 3 rings (SSSR count). The molecule has 0 aliphatic rings. The second-order valence-corrected chi connectivity index (χ2v) is 5.84. The third-order valence-electron chi connectivity index (χ3n) is 3.38. The van der Waals surface area contributed by atoms with Gasteiger partial charge in [-0.2, -0.15) is 10.1 Å². The fraction of sp³-hybridized carbons (Fsp3) is 0.0588. The maximum absolute atomic E-state index is 14.3.